The molecule has 0 spiro atoms. The highest BCUT2D eigenvalue weighted by molar-refractivity contribution is 8.05. The van der Waals surface area contributed by atoms with Crippen molar-refractivity contribution in [2.45, 2.75) is 53.4 Å². The summed E-state index contributed by atoms with van der Waals surface area (Å²) in [6.45, 7) is 13.1. The molecule has 2 aromatic rings. The first-order valence-corrected chi connectivity index (χ1v) is 9.43. The minimum Gasteiger partial charge on any atom is -0.788 e. The van der Waals surface area contributed by atoms with E-state index in [1.165, 1.54) is 5.56 Å². The van der Waals surface area contributed by atoms with Gasteiger partial charge in [0.05, 0.1) is 11.4 Å². The maximum atomic E-state index is 5.05. The van der Waals surface area contributed by atoms with Crippen LogP contribution in [0.4, 0.5) is 5.69 Å². The van der Waals surface area contributed by atoms with Gasteiger partial charge in [-0.3, -0.25) is 4.98 Å². The van der Waals surface area contributed by atoms with E-state index in [4.69, 9.17) is 25.3 Å². The van der Waals surface area contributed by atoms with Gasteiger partial charge in [-0.05, 0) is 41.4 Å². The molecule has 0 N–H and O–H groups in total. The maximum absolute atomic E-state index is 5.05. The Morgan fingerprint density at radius 3 is 2.20 bits per heavy atom. The summed E-state index contributed by atoms with van der Waals surface area (Å²) in [6.07, 6.45) is 2.81. The van der Waals surface area contributed by atoms with E-state index in [1.807, 2.05) is 6.20 Å². The molecule has 1 heterocycles. The molecule has 0 aliphatic heterocycles. The number of hydrogen-bond donors (Lipinski definition) is 0. The fourth-order valence-electron chi connectivity index (χ4n) is 2.86. The van der Waals surface area contributed by atoms with Gasteiger partial charge in [-0.25, -0.2) is 4.38 Å². The zero-order chi connectivity index (χ0) is 18.8. The lowest BCUT2D eigenvalue weighted by Crippen LogP contribution is -2.10. The van der Waals surface area contributed by atoms with E-state index in [9.17, 15) is 0 Å². The van der Waals surface area contributed by atoms with E-state index in [1.54, 1.807) is 0 Å². The monoisotopic (exact) mass is 370 g/mol. The molecular weight excluding hydrogens is 344 g/mol. The highest BCUT2D eigenvalue weighted by Gasteiger charge is 2.15. The largest absolute Gasteiger partial charge is 0.788 e. The van der Waals surface area contributed by atoms with Gasteiger partial charge in [0, 0.05) is 11.8 Å². The van der Waals surface area contributed by atoms with Crippen LogP contribution in [0.3, 0.4) is 0 Å². The number of hydrogen-bond acceptors (Lipinski definition) is 4. The second-order valence-electron chi connectivity index (χ2n) is 7.90. The Balaban J connectivity index is 2.54. The second kappa shape index (κ2) is 7.79. The molecule has 0 fully saturated rings. The molecule has 0 bridgehead atoms. The minimum atomic E-state index is 0.141. The van der Waals surface area contributed by atoms with Gasteiger partial charge in [-0.15, -0.1) is 0 Å². The SMILES string of the molecule is Cc1c(-c2ccc(C(C)(C)C)cc2)cnc(CC(C)C)c1N=C([S-])[S-]. The van der Waals surface area contributed by atoms with E-state index < -0.39 is 0 Å². The molecule has 1 aromatic carbocycles. The summed E-state index contributed by atoms with van der Waals surface area (Å²) in [5.41, 5.74) is 6.57. The molecule has 0 saturated carbocycles. The third kappa shape index (κ3) is 4.99. The summed E-state index contributed by atoms with van der Waals surface area (Å²) in [6, 6.07) is 8.68. The molecule has 0 aliphatic rings. The first-order chi connectivity index (χ1) is 11.6. The van der Waals surface area contributed by atoms with Crippen LogP contribution in [-0.4, -0.2) is 9.36 Å². The molecule has 4 heteroatoms. The zero-order valence-corrected chi connectivity index (χ0v) is 17.5. The Morgan fingerprint density at radius 1 is 1.12 bits per heavy atom. The van der Waals surface area contributed by atoms with Crippen LogP contribution in [0.2, 0.25) is 0 Å². The molecule has 0 amide bonds. The zero-order valence-electron chi connectivity index (χ0n) is 15.9. The molecular formula is C21H26N2S2-2. The van der Waals surface area contributed by atoms with Crippen molar-refractivity contribution in [3.05, 3.63) is 47.3 Å². The van der Waals surface area contributed by atoms with E-state index in [0.717, 1.165) is 34.5 Å². The van der Waals surface area contributed by atoms with Crippen molar-refractivity contribution in [3.63, 3.8) is 0 Å². The standard InChI is InChI=1S/C21H28N2S2/c1-13(2)11-18-19(23-20(24)25)14(3)17(12-22-18)15-7-9-16(10-8-15)21(4,5)6/h7-10,12-13H,11H2,1-6H3,(H2,23,24,25)/p-2. The first kappa shape index (κ1) is 19.8. The topological polar surface area (TPSA) is 25.2 Å². The maximum Gasteiger partial charge on any atom is 0.0837 e. The van der Waals surface area contributed by atoms with Crippen LogP contribution in [0.1, 0.15) is 51.4 Å². The van der Waals surface area contributed by atoms with E-state index in [2.05, 4.69) is 75.8 Å². The predicted octanol–water partition coefficient (Wildman–Crippen LogP) is 5.63. The Bertz CT molecular complexity index is 766. The lowest BCUT2D eigenvalue weighted by Gasteiger charge is -2.21. The Kier molecular flexibility index (Phi) is 6.17. The summed E-state index contributed by atoms with van der Waals surface area (Å²) in [5, 5.41) is 0. The normalized spacial score (nSPS) is 11.6. The van der Waals surface area contributed by atoms with E-state index in [-0.39, 0.29) is 9.79 Å². The van der Waals surface area contributed by atoms with Gasteiger partial charge in [0.1, 0.15) is 0 Å². The molecule has 0 aliphatic carbocycles. The summed E-state index contributed by atoms with van der Waals surface area (Å²) in [5.74, 6) is 0.497. The fraction of sp³-hybridized carbons (Fsp3) is 0.429. The van der Waals surface area contributed by atoms with E-state index >= 15 is 0 Å². The summed E-state index contributed by atoms with van der Waals surface area (Å²) < 4.78 is 0.232. The van der Waals surface area contributed by atoms with Crippen molar-refractivity contribution in [3.8, 4) is 11.1 Å². The summed E-state index contributed by atoms with van der Waals surface area (Å²) >= 11 is 10.1. The van der Waals surface area contributed by atoms with Gasteiger partial charge in [0.2, 0.25) is 0 Å². The molecule has 0 saturated heterocycles. The van der Waals surface area contributed by atoms with Gasteiger partial charge < -0.3 is 30.2 Å². The lowest BCUT2D eigenvalue weighted by molar-refractivity contribution is 0.590. The van der Waals surface area contributed by atoms with Crippen LogP contribution >= 0.6 is 0 Å². The van der Waals surface area contributed by atoms with Gasteiger partial charge in [-0.1, -0.05) is 58.9 Å². The molecule has 1 aromatic heterocycles. The molecule has 25 heavy (non-hydrogen) atoms. The van der Waals surface area contributed by atoms with Crippen molar-refractivity contribution in [2.24, 2.45) is 10.9 Å². The average Bonchev–Trinajstić information content (AvgIpc) is 2.49. The number of rotatable bonds is 4. The summed E-state index contributed by atoms with van der Waals surface area (Å²) in [7, 11) is 0. The quantitative estimate of drug-likeness (QED) is 0.396. The number of aliphatic imine (C=N–C) groups is 1. The van der Waals surface area contributed by atoms with Crippen LogP contribution in [-0.2, 0) is 37.1 Å². The Morgan fingerprint density at radius 2 is 1.72 bits per heavy atom. The predicted molar refractivity (Wildman–Crippen MR) is 113 cm³/mol. The second-order valence-corrected chi connectivity index (χ2v) is 8.93. The molecule has 2 nitrogen and oxygen atoms in total. The smallest absolute Gasteiger partial charge is 0.0837 e. The van der Waals surface area contributed by atoms with Crippen LogP contribution < -0.4 is 0 Å². The van der Waals surface area contributed by atoms with Crippen LogP contribution in [0.5, 0.6) is 0 Å². The van der Waals surface area contributed by atoms with Crippen molar-refractivity contribution >= 4 is 35.3 Å². The third-order valence-corrected chi connectivity index (χ3v) is 4.43. The van der Waals surface area contributed by atoms with Gasteiger partial charge in [0.15, 0.2) is 0 Å². The van der Waals surface area contributed by atoms with E-state index in [0.29, 0.717) is 5.92 Å². The molecule has 134 valence electrons. The number of benzene rings is 1. The summed E-state index contributed by atoms with van der Waals surface area (Å²) in [4.78, 5) is 9.12. The van der Waals surface area contributed by atoms with Crippen molar-refractivity contribution < 1.29 is 0 Å². The van der Waals surface area contributed by atoms with Gasteiger partial charge in [0.25, 0.3) is 0 Å². The van der Waals surface area contributed by atoms with Crippen LogP contribution in [0, 0.1) is 12.8 Å². The number of nitrogens with zero attached hydrogens (tertiary/aromatic N) is 2. The highest BCUT2D eigenvalue weighted by atomic mass is 32.2. The number of pyridine rings is 1. The van der Waals surface area contributed by atoms with Crippen molar-refractivity contribution in [1.29, 1.82) is 0 Å². The molecule has 2 rings (SSSR count). The van der Waals surface area contributed by atoms with Crippen molar-refractivity contribution in [1.82, 2.24) is 4.98 Å². The average molecular weight is 371 g/mol. The van der Waals surface area contributed by atoms with Crippen LogP contribution in [0.15, 0.2) is 35.5 Å². The lowest BCUT2D eigenvalue weighted by atomic mass is 9.86. The number of aromatic nitrogens is 1. The van der Waals surface area contributed by atoms with Gasteiger partial charge in [-0.2, -0.15) is 0 Å². The van der Waals surface area contributed by atoms with Crippen LogP contribution in [0.25, 0.3) is 11.1 Å². The molecule has 0 atom stereocenters. The van der Waals surface area contributed by atoms with Crippen molar-refractivity contribution in [2.75, 3.05) is 0 Å². The Hall–Kier alpha value is -1.52. The molecule has 0 unspecified atom stereocenters. The first-order valence-electron chi connectivity index (χ1n) is 8.61. The minimum absolute atomic E-state index is 0.141. The highest BCUT2D eigenvalue weighted by Crippen LogP contribution is 2.34. The molecule has 0 radical (unpaired) electrons. The Labute approximate surface area is 163 Å². The third-order valence-electron chi connectivity index (χ3n) is 4.25. The van der Waals surface area contributed by atoms with Gasteiger partial charge >= 0.3 is 0 Å². The fourth-order valence-corrected chi connectivity index (χ4v) is 3.04.